The van der Waals surface area contributed by atoms with Gasteiger partial charge >= 0.3 is 6.36 Å². The lowest BCUT2D eigenvalue weighted by molar-refractivity contribution is -0.274. The smallest absolute Gasteiger partial charge is 0.405 e. The zero-order valence-electron chi connectivity index (χ0n) is 11.9. The van der Waals surface area contributed by atoms with Crippen LogP contribution in [0.3, 0.4) is 0 Å². The molecule has 1 N–H and O–H groups in total. The first-order chi connectivity index (χ1) is 10.5. The highest BCUT2D eigenvalue weighted by Gasteiger charge is 2.31. The summed E-state index contributed by atoms with van der Waals surface area (Å²) >= 11 is 0. The van der Waals surface area contributed by atoms with E-state index in [1.54, 1.807) is 11.0 Å². The van der Waals surface area contributed by atoms with Crippen LogP contribution in [0.2, 0.25) is 0 Å². The normalized spacial score (nSPS) is 16.6. The van der Waals surface area contributed by atoms with Crippen molar-refractivity contribution in [3.8, 4) is 5.75 Å². The molecule has 0 unspecified atom stereocenters. The Morgan fingerprint density at radius 2 is 2.00 bits per heavy atom. The third kappa shape index (κ3) is 5.07. The Kier molecular flexibility index (Phi) is 5.43. The van der Waals surface area contributed by atoms with E-state index in [0.29, 0.717) is 19.6 Å². The van der Waals surface area contributed by atoms with E-state index in [4.69, 9.17) is 0 Å². The molecular weight excluding hydrogens is 297 g/mol. The first kappa shape index (κ1) is 16.4. The zero-order valence-corrected chi connectivity index (χ0v) is 11.9. The average Bonchev–Trinajstić information content (AvgIpc) is 2.73. The van der Waals surface area contributed by atoms with E-state index >= 15 is 0 Å². The number of rotatable bonds is 3. The molecule has 0 saturated carbocycles. The Labute approximate surface area is 126 Å². The highest BCUT2D eigenvalue weighted by atomic mass is 19.4. The van der Waals surface area contributed by atoms with Gasteiger partial charge in [-0.3, -0.25) is 4.79 Å². The van der Waals surface area contributed by atoms with Gasteiger partial charge in [0.2, 0.25) is 5.91 Å². The molecule has 2 rings (SSSR count). The molecule has 1 aliphatic rings. The number of carbonyl (C=O) groups is 1. The molecule has 1 aliphatic heterocycles. The summed E-state index contributed by atoms with van der Waals surface area (Å²) in [5, 5.41) is 3.18. The summed E-state index contributed by atoms with van der Waals surface area (Å²) in [6, 6.07) is 5.71. The number of hydrogen-bond donors (Lipinski definition) is 1. The molecule has 7 heteroatoms. The molecule has 0 radical (unpaired) electrons. The van der Waals surface area contributed by atoms with Crippen LogP contribution in [-0.4, -0.2) is 43.3 Å². The van der Waals surface area contributed by atoms with Crippen LogP contribution in [-0.2, 0) is 4.79 Å². The van der Waals surface area contributed by atoms with Gasteiger partial charge in [0.1, 0.15) is 5.75 Å². The summed E-state index contributed by atoms with van der Waals surface area (Å²) in [4.78, 5) is 13.7. The van der Waals surface area contributed by atoms with Crippen molar-refractivity contribution in [2.75, 3.05) is 26.2 Å². The number of benzene rings is 1. The molecule has 0 spiro atoms. The van der Waals surface area contributed by atoms with E-state index in [-0.39, 0.29) is 17.2 Å². The highest BCUT2D eigenvalue weighted by Crippen LogP contribution is 2.27. The van der Waals surface area contributed by atoms with Crippen LogP contribution in [0.5, 0.6) is 5.75 Å². The van der Waals surface area contributed by atoms with E-state index in [1.165, 1.54) is 30.4 Å². The molecule has 1 aromatic rings. The first-order valence-electron chi connectivity index (χ1n) is 6.98. The third-order valence-electron chi connectivity index (χ3n) is 3.20. The summed E-state index contributed by atoms with van der Waals surface area (Å²) in [7, 11) is 0. The van der Waals surface area contributed by atoms with Gasteiger partial charge in [0.05, 0.1) is 0 Å². The number of amides is 1. The fourth-order valence-corrected chi connectivity index (χ4v) is 2.17. The number of hydrogen-bond acceptors (Lipinski definition) is 3. The number of halogens is 3. The van der Waals surface area contributed by atoms with Gasteiger partial charge in [-0.25, -0.2) is 0 Å². The minimum atomic E-state index is -4.76. The van der Waals surface area contributed by atoms with Crippen molar-refractivity contribution in [1.82, 2.24) is 10.2 Å². The van der Waals surface area contributed by atoms with Gasteiger partial charge in [0.15, 0.2) is 0 Å². The van der Waals surface area contributed by atoms with Crippen molar-refractivity contribution in [3.63, 3.8) is 0 Å². The number of carbonyl (C=O) groups excluding carboxylic acids is 1. The molecule has 120 valence electrons. The minimum Gasteiger partial charge on any atom is -0.405 e. The van der Waals surface area contributed by atoms with Crippen molar-refractivity contribution in [2.24, 2.45) is 0 Å². The zero-order chi connectivity index (χ0) is 16.0. The number of alkyl halides is 3. The first-order valence-corrected chi connectivity index (χ1v) is 6.98. The lowest BCUT2D eigenvalue weighted by atomic mass is 10.2. The number of nitrogens with one attached hydrogen (secondary N) is 1. The van der Waals surface area contributed by atoms with Gasteiger partial charge in [-0.2, -0.15) is 0 Å². The van der Waals surface area contributed by atoms with E-state index < -0.39 is 6.36 Å². The topological polar surface area (TPSA) is 41.6 Å². The maximum atomic E-state index is 12.3. The Hall–Kier alpha value is -2.02. The fourth-order valence-electron chi connectivity index (χ4n) is 2.17. The van der Waals surface area contributed by atoms with Gasteiger partial charge in [-0.15, -0.1) is 13.2 Å². The van der Waals surface area contributed by atoms with E-state index in [0.717, 1.165) is 13.0 Å². The maximum absolute atomic E-state index is 12.3. The molecular formula is C15H17F3N2O2. The summed E-state index contributed by atoms with van der Waals surface area (Å²) in [6.45, 7) is 2.80. The number of para-hydroxylation sites is 1. The Morgan fingerprint density at radius 3 is 2.77 bits per heavy atom. The molecule has 1 aromatic carbocycles. The van der Waals surface area contributed by atoms with Crippen LogP contribution >= 0.6 is 0 Å². The number of ether oxygens (including phenoxy) is 1. The van der Waals surface area contributed by atoms with Crippen molar-refractivity contribution < 1.29 is 22.7 Å². The Bertz CT molecular complexity index is 536. The van der Waals surface area contributed by atoms with Gasteiger partial charge in [-0.05, 0) is 25.1 Å². The molecule has 22 heavy (non-hydrogen) atoms. The number of nitrogens with zero attached hydrogens (tertiary/aromatic N) is 1. The summed E-state index contributed by atoms with van der Waals surface area (Å²) in [5.41, 5.74) is 0.209. The molecule has 0 aromatic heterocycles. The Balaban J connectivity index is 2.07. The Morgan fingerprint density at radius 1 is 1.23 bits per heavy atom. The van der Waals surface area contributed by atoms with Crippen molar-refractivity contribution in [2.45, 2.75) is 12.8 Å². The van der Waals surface area contributed by atoms with Crippen LogP contribution in [0.15, 0.2) is 30.3 Å². The van der Waals surface area contributed by atoms with Crippen molar-refractivity contribution in [3.05, 3.63) is 35.9 Å². The quantitative estimate of drug-likeness (QED) is 0.871. The predicted molar refractivity (Wildman–Crippen MR) is 76.2 cm³/mol. The largest absolute Gasteiger partial charge is 0.573 e. The second-order valence-corrected chi connectivity index (χ2v) is 4.85. The summed E-state index contributed by atoms with van der Waals surface area (Å²) in [6.07, 6.45) is -1.27. The molecule has 1 saturated heterocycles. The van der Waals surface area contributed by atoms with Crippen LogP contribution in [0.4, 0.5) is 13.2 Å². The van der Waals surface area contributed by atoms with Gasteiger partial charge in [-0.1, -0.05) is 18.2 Å². The second kappa shape index (κ2) is 7.31. The van der Waals surface area contributed by atoms with Crippen LogP contribution < -0.4 is 10.1 Å². The third-order valence-corrected chi connectivity index (χ3v) is 3.20. The second-order valence-electron chi connectivity index (χ2n) is 4.85. The van der Waals surface area contributed by atoms with Crippen LogP contribution in [0, 0.1) is 0 Å². The van der Waals surface area contributed by atoms with Crippen LogP contribution in [0.1, 0.15) is 12.0 Å². The van der Waals surface area contributed by atoms with E-state index in [2.05, 4.69) is 10.1 Å². The maximum Gasteiger partial charge on any atom is 0.573 e. The minimum absolute atomic E-state index is 0.209. The lowest BCUT2D eigenvalue weighted by Gasteiger charge is -2.17. The van der Waals surface area contributed by atoms with Gasteiger partial charge < -0.3 is 15.0 Å². The highest BCUT2D eigenvalue weighted by molar-refractivity contribution is 5.92. The summed E-state index contributed by atoms with van der Waals surface area (Å²) in [5.74, 6) is -0.540. The van der Waals surface area contributed by atoms with Crippen molar-refractivity contribution in [1.29, 1.82) is 0 Å². The molecule has 1 fully saturated rings. The fraction of sp³-hybridized carbons (Fsp3) is 0.400. The van der Waals surface area contributed by atoms with E-state index in [1.807, 2.05) is 0 Å². The molecule has 4 nitrogen and oxygen atoms in total. The van der Waals surface area contributed by atoms with Gasteiger partial charge in [0.25, 0.3) is 0 Å². The predicted octanol–water partition coefficient (Wildman–Crippen LogP) is 2.42. The molecule has 0 aliphatic carbocycles. The SMILES string of the molecule is O=C(/C=C/c1ccccc1OC(F)(F)F)N1CCCNCC1. The van der Waals surface area contributed by atoms with Gasteiger partial charge in [0, 0.05) is 31.3 Å². The molecule has 0 bridgehead atoms. The molecule has 1 heterocycles. The molecule has 1 amide bonds. The van der Waals surface area contributed by atoms with Crippen LogP contribution in [0.25, 0.3) is 6.08 Å². The van der Waals surface area contributed by atoms with E-state index in [9.17, 15) is 18.0 Å². The monoisotopic (exact) mass is 314 g/mol. The lowest BCUT2D eigenvalue weighted by Crippen LogP contribution is -2.32. The standard InChI is InChI=1S/C15H17F3N2O2/c16-15(17,18)22-13-5-2-1-4-12(13)6-7-14(21)20-10-3-8-19-9-11-20/h1-2,4-7,19H,3,8-11H2/b7-6+. The summed E-state index contributed by atoms with van der Waals surface area (Å²) < 4.78 is 40.9. The molecule has 0 atom stereocenters. The average molecular weight is 314 g/mol. The van der Waals surface area contributed by atoms with Crippen molar-refractivity contribution >= 4 is 12.0 Å².